The van der Waals surface area contributed by atoms with Crippen LogP contribution in [0.1, 0.15) is 10.7 Å². The van der Waals surface area contributed by atoms with Crippen LogP contribution in [0.2, 0.25) is 0 Å². The zero-order chi connectivity index (χ0) is 13.1. The van der Waals surface area contributed by atoms with Gasteiger partial charge in [-0.05, 0) is 19.1 Å². The highest BCUT2D eigenvalue weighted by Crippen LogP contribution is 2.15. The van der Waals surface area contributed by atoms with Gasteiger partial charge in [0.25, 0.3) is 0 Å². The van der Waals surface area contributed by atoms with Crippen LogP contribution in [0.5, 0.6) is 0 Å². The molecule has 2 heterocycles. The first kappa shape index (κ1) is 11.9. The second kappa shape index (κ2) is 5.24. The monoisotopic (exact) mass is 270 g/mol. The van der Waals surface area contributed by atoms with Crippen molar-refractivity contribution in [1.82, 2.24) is 14.5 Å². The minimum atomic E-state index is 0.689. The van der Waals surface area contributed by atoms with Crippen molar-refractivity contribution in [3.63, 3.8) is 0 Å². The molecule has 0 radical (unpaired) electrons. The Labute approximate surface area is 115 Å². The number of benzene rings is 1. The van der Waals surface area contributed by atoms with E-state index in [4.69, 9.17) is 0 Å². The highest BCUT2D eigenvalue weighted by atomic mass is 32.1. The molecule has 0 bridgehead atoms. The highest BCUT2D eigenvalue weighted by molar-refractivity contribution is 7.09. The zero-order valence-electron chi connectivity index (χ0n) is 10.6. The molecular weight excluding hydrogens is 256 g/mol. The Morgan fingerprint density at radius 1 is 1.26 bits per heavy atom. The molecule has 0 atom stereocenters. The zero-order valence-corrected chi connectivity index (χ0v) is 11.4. The maximum absolute atomic E-state index is 4.43. The molecule has 0 spiro atoms. The van der Waals surface area contributed by atoms with Gasteiger partial charge in [-0.3, -0.25) is 4.57 Å². The van der Waals surface area contributed by atoms with Crippen LogP contribution in [-0.2, 0) is 6.54 Å². The fourth-order valence-corrected chi connectivity index (χ4v) is 2.50. The molecule has 2 aromatic heterocycles. The van der Waals surface area contributed by atoms with Crippen LogP contribution in [0, 0.1) is 6.92 Å². The number of para-hydroxylation sites is 1. The third-order valence-electron chi connectivity index (χ3n) is 2.77. The number of anilines is 1. The molecular formula is C14H14N4S. The molecule has 4 nitrogen and oxygen atoms in total. The van der Waals surface area contributed by atoms with Gasteiger partial charge in [0.1, 0.15) is 0 Å². The molecule has 0 aliphatic rings. The summed E-state index contributed by atoms with van der Waals surface area (Å²) >= 11 is 1.66. The van der Waals surface area contributed by atoms with Crippen LogP contribution in [-0.4, -0.2) is 14.5 Å². The first-order valence-corrected chi connectivity index (χ1v) is 6.94. The lowest BCUT2D eigenvalue weighted by molar-refractivity contribution is 0.978. The number of aromatic nitrogens is 3. The molecule has 3 rings (SSSR count). The number of aryl methyl sites for hydroxylation is 1. The van der Waals surface area contributed by atoms with E-state index in [0.29, 0.717) is 6.54 Å². The van der Waals surface area contributed by atoms with Crippen LogP contribution in [0.25, 0.3) is 5.69 Å². The number of nitrogens with zero attached hydrogens (tertiary/aromatic N) is 3. The lowest BCUT2D eigenvalue weighted by Crippen LogP contribution is -2.06. The summed E-state index contributed by atoms with van der Waals surface area (Å²) in [6.45, 7) is 2.70. The maximum atomic E-state index is 4.43. The molecule has 5 heteroatoms. The van der Waals surface area contributed by atoms with E-state index in [2.05, 4.69) is 32.8 Å². The number of imidazole rings is 1. The fourth-order valence-electron chi connectivity index (χ4n) is 1.89. The highest BCUT2D eigenvalue weighted by Gasteiger charge is 2.05. The van der Waals surface area contributed by atoms with Crippen LogP contribution >= 0.6 is 11.3 Å². The van der Waals surface area contributed by atoms with Crippen molar-refractivity contribution in [3.05, 3.63) is 58.8 Å². The number of hydrogen-bond donors (Lipinski definition) is 1. The minimum Gasteiger partial charge on any atom is -0.350 e. The standard InChI is InChI=1S/C14H14N4S/c1-11-17-12(10-19-11)9-16-14-15-7-8-18(14)13-5-3-2-4-6-13/h2-8,10H,9H2,1H3,(H,15,16). The van der Waals surface area contributed by atoms with Crippen molar-refractivity contribution in [1.29, 1.82) is 0 Å². The average molecular weight is 270 g/mol. The van der Waals surface area contributed by atoms with Crippen LogP contribution in [0.4, 0.5) is 5.95 Å². The van der Waals surface area contributed by atoms with Crippen molar-refractivity contribution in [2.24, 2.45) is 0 Å². The molecule has 96 valence electrons. The van der Waals surface area contributed by atoms with Gasteiger partial charge >= 0.3 is 0 Å². The topological polar surface area (TPSA) is 42.7 Å². The predicted octanol–water partition coefficient (Wildman–Crippen LogP) is 3.25. The van der Waals surface area contributed by atoms with Crippen LogP contribution in [0.15, 0.2) is 48.1 Å². The molecule has 0 saturated heterocycles. The first-order valence-electron chi connectivity index (χ1n) is 6.06. The summed E-state index contributed by atoms with van der Waals surface area (Å²) in [4.78, 5) is 8.77. The Kier molecular flexibility index (Phi) is 3.29. The van der Waals surface area contributed by atoms with Crippen LogP contribution < -0.4 is 5.32 Å². The molecule has 19 heavy (non-hydrogen) atoms. The summed E-state index contributed by atoms with van der Waals surface area (Å²) < 4.78 is 2.03. The van der Waals surface area contributed by atoms with Crippen molar-refractivity contribution in [2.75, 3.05) is 5.32 Å². The summed E-state index contributed by atoms with van der Waals surface area (Å²) in [5.41, 5.74) is 2.14. The van der Waals surface area contributed by atoms with Crippen LogP contribution in [0.3, 0.4) is 0 Å². The van der Waals surface area contributed by atoms with Gasteiger partial charge in [0.2, 0.25) is 5.95 Å². The Morgan fingerprint density at radius 2 is 2.11 bits per heavy atom. The van der Waals surface area contributed by atoms with E-state index in [1.807, 2.05) is 35.9 Å². The first-order chi connectivity index (χ1) is 9.33. The third-order valence-corrected chi connectivity index (χ3v) is 3.59. The number of nitrogens with one attached hydrogen (secondary N) is 1. The van der Waals surface area contributed by atoms with E-state index < -0.39 is 0 Å². The molecule has 0 fully saturated rings. The molecule has 1 N–H and O–H groups in total. The molecule has 0 amide bonds. The van der Waals surface area contributed by atoms with E-state index >= 15 is 0 Å². The third kappa shape index (κ3) is 2.66. The number of hydrogen-bond acceptors (Lipinski definition) is 4. The Bertz CT molecular complexity index is 657. The maximum Gasteiger partial charge on any atom is 0.207 e. The van der Waals surface area contributed by atoms with Gasteiger partial charge in [-0.1, -0.05) is 18.2 Å². The van der Waals surface area contributed by atoms with E-state index in [1.165, 1.54) is 0 Å². The van der Waals surface area contributed by atoms with Gasteiger partial charge < -0.3 is 5.32 Å². The van der Waals surface area contributed by atoms with Crippen molar-refractivity contribution < 1.29 is 0 Å². The van der Waals surface area contributed by atoms with E-state index in [9.17, 15) is 0 Å². The van der Waals surface area contributed by atoms with Gasteiger partial charge in [-0.15, -0.1) is 11.3 Å². The minimum absolute atomic E-state index is 0.689. The second-order valence-corrected chi connectivity index (χ2v) is 5.23. The lowest BCUT2D eigenvalue weighted by Gasteiger charge is -2.08. The molecule has 0 unspecified atom stereocenters. The second-order valence-electron chi connectivity index (χ2n) is 4.17. The summed E-state index contributed by atoms with van der Waals surface area (Å²) in [6.07, 6.45) is 3.74. The molecule has 0 saturated carbocycles. The summed E-state index contributed by atoms with van der Waals surface area (Å²) in [5.74, 6) is 0.830. The van der Waals surface area contributed by atoms with E-state index in [1.54, 1.807) is 17.5 Å². The Balaban J connectivity index is 1.77. The average Bonchev–Trinajstić information content (AvgIpc) is 3.06. The predicted molar refractivity (Wildman–Crippen MR) is 77.7 cm³/mol. The quantitative estimate of drug-likeness (QED) is 0.791. The van der Waals surface area contributed by atoms with Gasteiger partial charge in [0.05, 0.1) is 17.2 Å². The number of thiazole rings is 1. The lowest BCUT2D eigenvalue weighted by atomic mass is 10.3. The molecule has 0 aliphatic carbocycles. The smallest absolute Gasteiger partial charge is 0.207 e. The van der Waals surface area contributed by atoms with Gasteiger partial charge in [0.15, 0.2) is 0 Å². The van der Waals surface area contributed by atoms with Gasteiger partial charge in [0, 0.05) is 23.5 Å². The SMILES string of the molecule is Cc1nc(CNc2nccn2-c2ccccc2)cs1. The molecule has 1 aromatic carbocycles. The van der Waals surface area contributed by atoms with Crippen molar-refractivity contribution >= 4 is 17.3 Å². The Hall–Kier alpha value is -2.14. The summed E-state index contributed by atoms with van der Waals surface area (Å²) in [5, 5.41) is 6.47. The van der Waals surface area contributed by atoms with Crippen molar-refractivity contribution in [3.8, 4) is 5.69 Å². The number of rotatable bonds is 4. The Morgan fingerprint density at radius 3 is 2.84 bits per heavy atom. The largest absolute Gasteiger partial charge is 0.350 e. The van der Waals surface area contributed by atoms with Crippen molar-refractivity contribution in [2.45, 2.75) is 13.5 Å². The normalized spacial score (nSPS) is 10.6. The van der Waals surface area contributed by atoms with E-state index in [-0.39, 0.29) is 0 Å². The fraction of sp³-hybridized carbons (Fsp3) is 0.143. The summed E-state index contributed by atoms with van der Waals surface area (Å²) in [6, 6.07) is 10.1. The molecule has 0 aliphatic heterocycles. The van der Waals surface area contributed by atoms with E-state index in [0.717, 1.165) is 22.3 Å². The molecule has 3 aromatic rings. The van der Waals surface area contributed by atoms with Gasteiger partial charge in [-0.2, -0.15) is 0 Å². The summed E-state index contributed by atoms with van der Waals surface area (Å²) in [7, 11) is 0. The van der Waals surface area contributed by atoms with Gasteiger partial charge in [-0.25, -0.2) is 9.97 Å².